The van der Waals surface area contributed by atoms with Crippen LogP contribution < -0.4 is 10.6 Å². The minimum absolute atomic E-state index is 0.0661. The van der Waals surface area contributed by atoms with Crippen LogP contribution >= 0.6 is 0 Å². The molecule has 0 fully saturated rings. The molecule has 0 radical (unpaired) electrons. The van der Waals surface area contributed by atoms with Crippen molar-refractivity contribution in [2.75, 3.05) is 11.9 Å². The predicted molar refractivity (Wildman–Crippen MR) is 73.4 cm³/mol. The summed E-state index contributed by atoms with van der Waals surface area (Å²) in [5, 5.41) is 15.5. The van der Waals surface area contributed by atoms with Crippen LogP contribution in [0.25, 0.3) is 0 Å². The lowest BCUT2D eigenvalue weighted by Gasteiger charge is -2.11. The average molecular weight is 250 g/mol. The van der Waals surface area contributed by atoms with Crippen molar-refractivity contribution in [1.82, 2.24) is 5.32 Å². The molecule has 1 aromatic carbocycles. The second-order valence-electron chi connectivity index (χ2n) is 4.45. The van der Waals surface area contributed by atoms with Gasteiger partial charge in [0.2, 0.25) is 5.91 Å². The van der Waals surface area contributed by atoms with Gasteiger partial charge in [-0.3, -0.25) is 4.79 Å². The van der Waals surface area contributed by atoms with Gasteiger partial charge in [0, 0.05) is 25.7 Å². The standard InChI is InChI=1S/C14H22N2O2/c1-3-4-14(18)10-15-9-12-5-7-13(8-6-12)16-11(2)17/h5-8,14-15,18H,3-4,9-10H2,1-2H3,(H,16,17). The molecule has 0 heterocycles. The van der Waals surface area contributed by atoms with Crippen molar-refractivity contribution in [1.29, 1.82) is 0 Å². The normalized spacial score (nSPS) is 12.2. The number of carbonyl (C=O) groups is 1. The lowest BCUT2D eigenvalue weighted by atomic mass is 10.2. The summed E-state index contributed by atoms with van der Waals surface area (Å²) in [7, 11) is 0. The maximum Gasteiger partial charge on any atom is 0.221 e. The molecule has 1 aromatic rings. The van der Waals surface area contributed by atoms with Crippen molar-refractivity contribution >= 4 is 11.6 Å². The van der Waals surface area contributed by atoms with Gasteiger partial charge in [-0.2, -0.15) is 0 Å². The van der Waals surface area contributed by atoms with E-state index in [2.05, 4.69) is 17.6 Å². The molecular weight excluding hydrogens is 228 g/mol. The lowest BCUT2D eigenvalue weighted by molar-refractivity contribution is -0.114. The van der Waals surface area contributed by atoms with Gasteiger partial charge in [-0.05, 0) is 24.1 Å². The molecule has 4 nitrogen and oxygen atoms in total. The fourth-order valence-electron chi connectivity index (χ4n) is 1.73. The molecular formula is C14H22N2O2. The highest BCUT2D eigenvalue weighted by atomic mass is 16.3. The molecule has 3 N–H and O–H groups in total. The molecule has 1 atom stereocenters. The van der Waals surface area contributed by atoms with E-state index in [4.69, 9.17) is 0 Å². The average Bonchev–Trinajstić information content (AvgIpc) is 2.31. The van der Waals surface area contributed by atoms with Crippen LogP contribution in [0.3, 0.4) is 0 Å². The lowest BCUT2D eigenvalue weighted by Crippen LogP contribution is -2.26. The topological polar surface area (TPSA) is 61.4 Å². The summed E-state index contributed by atoms with van der Waals surface area (Å²) < 4.78 is 0. The van der Waals surface area contributed by atoms with Crippen LogP contribution in [0.4, 0.5) is 5.69 Å². The second-order valence-corrected chi connectivity index (χ2v) is 4.45. The van der Waals surface area contributed by atoms with Gasteiger partial charge in [0.25, 0.3) is 0 Å². The number of aliphatic hydroxyl groups excluding tert-OH is 1. The molecule has 4 heteroatoms. The highest BCUT2D eigenvalue weighted by molar-refractivity contribution is 5.88. The molecule has 0 bridgehead atoms. The molecule has 0 saturated carbocycles. The minimum Gasteiger partial charge on any atom is -0.392 e. The quantitative estimate of drug-likeness (QED) is 0.692. The Hall–Kier alpha value is -1.39. The fourth-order valence-corrected chi connectivity index (χ4v) is 1.73. The van der Waals surface area contributed by atoms with Crippen LogP contribution in [-0.2, 0) is 11.3 Å². The number of carbonyl (C=O) groups excluding carboxylic acids is 1. The van der Waals surface area contributed by atoms with Crippen LogP contribution in [0.5, 0.6) is 0 Å². The van der Waals surface area contributed by atoms with Gasteiger partial charge in [0.05, 0.1) is 6.10 Å². The first-order valence-corrected chi connectivity index (χ1v) is 6.37. The molecule has 0 saturated heterocycles. The van der Waals surface area contributed by atoms with E-state index in [0.29, 0.717) is 6.54 Å². The van der Waals surface area contributed by atoms with E-state index in [9.17, 15) is 9.90 Å². The van der Waals surface area contributed by atoms with Gasteiger partial charge in [-0.15, -0.1) is 0 Å². The van der Waals surface area contributed by atoms with E-state index < -0.39 is 0 Å². The highest BCUT2D eigenvalue weighted by Gasteiger charge is 2.01. The van der Waals surface area contributed by atoms with Crippen molar-refractivity contribution in [3.63, 3.8) is 0 Å². The molecule has 0 spiro atoms. The third-order valence-electron chi connectivity index (χ3n) is 2.61. The number of benzene rings is 1. The summed E-state index contributed by atoms with van der Waals surface area (Å²) in [5.74, 6) is -0.0661. The molecule has 1 amide bonds. The van der Waals surface area contributed by atoms with Crippen LogP contribution in [-0.4, -0.2) is 23.7 Å². The van der Waals surface area contributed by atoms with Crippen LogP contribution in [0.1, 0.15) is 32.3 Å². The number of nitrogens with one attached hydrogen (secondary N) is 2. The smallest absolute Gasteiger partial charge is 0.221 e. The Morgan fingerprint density at radius 2 is 2.00 bits per heavy atom. The van der Waals surface area contributed by atoms with E-state index >= 15 is 0 Å². The third kappa shape index (κ3) is 5.80. The fraction of sp³-hybridized carbons (Fsp3) is 0.500. The maximum absolute atomic E-state index is 10.9. The molecule has 1 rings (SSSR count). The first-order valence-electron chi connectivity index (χ1n) is 6.37. The SMILES string of the molecule is CCCC(O)CNCc1ccc(NC(C)=O)cc1. The number of hydrogen-bond acceptors (Lipinski definition) is 3. The van der Waals surface area contributed by atoms with Crippen LogP contribution in [0.15, 0.2) is 24.3 Å². The number of rotatable bonds is 7. The van der Waals surface area contributed by atoms with Crippen molar-refractivity contribution < 1.29 is 9.90 Å². The van der Waals surface area contributed by atoms with Crippen LogP contribution in [0, 0.1) is 0 Å². The predicted octanol–water partition coefficient (Wildman–Crippen LogP) is 1.90. The molecule has 0 aromatic heterocycles. The van der Waals surface area contributed by atoms with Crippen molar-refractivity contribution in [2.24, 2.45) is 0 Å². The van der Waals surface area contributed by atoms with Gasteiger partial charge in [0.15, 0.2) is 0 Å². The van der Waals surface area contributed by atoms with Gasteiger partial charge in [-0.25, -0.2) is 0 Å². The Kier molecular flexibility index (Phi) is 6.39. The summed E-state index contributed by atoms with van der Waals surface area (Å²) >= 11 is 0. The molecule has 0 aliphatic heterocycles. The van der Waals surface area contributed by atoms with E-state index in [1.54, 1.807) is 0 Å². The van der Waals surface area contributed by atoms with Gasteiger partial charge >= 0.3 is 0 Å². The summed E-state index contributed by atoms with van der Waals surface area (Å²) in [6.07, 6.45) is 1.55. The Morgan fingerprint density at radius 3 is 2.56 bits per heavy atom. The Labute approximate surface area is 108 Å². The van der Waals surface area contributed by atoms with Crippen molar-refractivity contribution in [3.05, 3.63) is 29.8 Å². The summed E-state index contributed by atoms with van der Waals surface area (Å²) in [4.78, 5) is 10.9. The first-order chi connectivity index (χ1) is 8.61. The van der Waals surface area contributed by atoms with Crippen molar-refractivity contribution in [3.8, 4) is 0 Å². The summed E-state index contributed by atoms with van der Waals surface area (Å²) in [5.41, 5.74) is 1.94. The van der Waals surface area contributed by atoms with Gasteiger partial charge in [0.1, 0.15) is 0 Å². The van der Waals surface area contributed by atoms with Crippen molar-refractivity contribution in [2.45, 2.75) is 39.3 Å². The highest BCUT2D eigenvalue weighted by Crippen LogP contribution is 2.09. The Balaban J connectivity index is 2.32. The minimum atomic E-state index is -0.270. The maximum atomic E-state index is 10.9. The molecule has 100 valence electrons. The monoisotopic (exact) mass is 250 g/mol. The Morgan fingerprint density at radius 1 is 1.33 bits per heavy atom. The molecule has 0 aliphatic carbocycles. The number of anilines is 1. The van der Waals surface area contributed by atoms with Crippen LogP contribution in [0.2, 0.25) is 0 Å². The second kappa shape index (κ2) is 7.84. The zero-order valence-corrected chi connectivity index (χ0v) is 11.1. The number of hydrogen-bond donors (Lipinski definition) is 3. The molecule has 18 heavy (non-hydrogen) atoms. The zero-order chi connectivity index (χ0) is 13.4. The van der Waals surface area contributed by atoms with E-state index in [1.165, 1.54) is 6.92 Å². The largest absolute Gasteiger partial charge is 0.392 e. The summed E-state index contributed by atoms with van der Waals surface area (Å²) in [6.45, 7) is 4.89. The number of aliphatic hydroxyl groups is 1. The molecule has 0 aliphatic rings. The zero-order valence-electron chi connectivity index (χ0n) is 11.1. The van der Waals surface area contributed by atoms with Gasteiger partial charge < -0.3 is 15.7 Å². The van der Waals surface area contributed by atoms with E-state index in [0.717, 1.165) is 30.6 Å². The summed E-state index contributed by atoms with van der Waals surface area (Å²) in [6, 6.07) is 7.68. The molecule has 1 unspecified atom stereocenters. The Bertz CT molecular complexity index is 363. The van der Waals surface area contributed by atoms with Gasteiger partial charge in [-0.1, -0.05) is 25.5 Å². The first kappa shape index (κ1) is 14.7. The number of amides is 1. The third-order valence-corrected chi connectivity index (χ3v) is 2.61. The van der Waals surface area contributed by atoms with E-state index in [-0.39, 0.29) is 12.0 Å². The van der Waals surface area contributed by atoms with E-state index in [1.807, 2.05) is 24.3 Å².